The molecule has 9 aromatic carbocycles. The van der Waals surface area contributed by atoms with Gasteiger partial charge in [0.1, 0.15) is 0 Å². The molecule has 10 aromatic rings. The van der Waals surface area contributed by atoms with E-state index in [1.54, 1.807) is 0 Å². The van der Waals surface area contributed by atoms with Crippen LogP contribution in [0.15, 0.2) is 212 Å². The smallest absolute Gasteiger partial charge is 0.0714 e. The molecule has 0 spiro atoms. The standard InChI is InChI=1S/C58H41NS/c1-57(2)47-27-12-9-23-45(47)54-49(57)29-16-31-51(54)59(41-36-34-38(35-37-41)42-25-15-26-44-43-22-11-14-33-53(43)60-56(42)44)52-32-17-30-50-55(52)46-24-10-13-28-48(46)58(50,39-18-5-3-6-19-39)40-20-7-4-8-21-40/h3-37H,1-2H3. The molecule has 0 N–H and O–H groups in total. The molecule has 0 saturated carbocycles. The summed E-state index contributed by atoms with van der Waals surface area (Å²) in [6.45, 7) is 4.75. The van der Waals surface area contributed by atoms with Crippen molar-refractivity contribution in [1.82, 2.24) is 0 Å². The number of benzene rings is 9. The van der Waals surface area contributed by atoms with E-state index >= 15 is 0 Å². The summed E-state index contributed by atoms with van der Waals surface area (Å²) >= 11 is 1.89. The molecule has 12 rings (SSSR count). The summed E-state index contributed by atoms with van der Waals surface area (Å²) in [6, 6.07) is 79.2. The summed E-state index contributed by atoms with van der Waals surface area (Å²) in [5, 5.41) is 2.64. The van der Waals surface area contributed by atoms with Gasteiger partial charge in [-0.3, -0.25) is 0 Å². The lowest BCUT2D eigenvalue weighted by Gasteiger charge is -2.34. The van der Waals surface area contributed by atoms with Gasteiger partial charge in [-0.2, -0.15) is 0 Å². The first-order valence-electron chi connectivity index (χ1n) is 20.9. The molecule has 0 unspecified atom stereocenters. The Morgan fingerprint density at radius 2 is 0.883 bits per heavy atom. The van der Waals surface area contributed by atoms with Gasteiger partial charge in [0.2, 0.25) is 0 Å². The van der Waals surface area contributed by atoms with E-state index in [2.05, 4.69) is 231 Å². The summed E-state index contributed by atoms with van der Waals surface area (Å²) in [4.78, 5) is 2.56. The average molecular weight is 784 g/mol. The number of nitrogens with zero attached hydrogens (tertiary/aromatic N) is 1. The molecule has 0 aliphatic heterocycles. The van der Waals surface area contributed by atoms with Crippen molar-refractivity contribution in [2.24, 2.45) is 0 Å². The average Bonchev–Trinajstić information content (AvgIpc) is 3.92. The summed E-state index contributed by atoms with van der Waals surface area (Å²) in [5.41, 5.74) is 18.3. The van der Waals surface area contributed by atoms with Crippen LogP contribution in [-0.4, -0.2) is 0 Å². The number of anilines is 3. The Labute approximate surface area is 355 Å². The molecule has 0 amide bonds. The fourth-order valence-electron chi connectivity index (χ4n) is 10.8. The molecule has 0 fully saturated rings. The highest BCUT2D eigenvalue weighted by atomic mass is 32.1. The molecule has 0 radical (unpaired) electrons. The van der Waals surface area contributed by atoms with Crippen LogP contribution in [0.4, 0.5) is 17.1 Å². The third-order valence-corrected chi connectivity index (χ3v) is 14.6. The van der Waals surface area contributed by atoms with Crippen molar-refractivity contribution in [3.8, 4) is 33.4 Å². The Hall–Kier alpha value is -7.00. The van der Waals surface area contributed by atoms with Gasteiger partial charge in [0, 0.05) is 42.4 Å². The van der Waals surface area contributed by atoms with E-state index in [9.17, 15) is 0 Å². The maximum Gasteiger partial charge on any atom is 0.0714 e. The number of fused-ring (bicyclic) bond motifs is 9. The normalized spacial score (nSPS) is 14.1. The zero-order valence-electron chi connectivity index (χ0n) is 33.6. The third kappa shape index (κ3) is 4.86. The highest BCUT2D eigenvalue weighted by Gasteiger charge is 2.47. The Morgan fingerprint density at radius 3 is 1.58 bits per heavy atom. The Kier molecular flexibility index (Phi) is 7.73. The first-order valence-corrected chi connectivity index (χ1v) is 21.8. The van der Waals surface area contributed by atoms with Gasteiger partial charge in [0.25, 0.3) is 0 Å². The molecule has 2 aliphatic rings. The van der Waals surface area contributed by atoms with Gasteiger partial charge < -0.3 is 4.90 Å². The fraction of sp³-hybridized carbons (Fsp3) is 0.0690. The Morgan fingerprint density at radius 1 is 0.383 bits per heavy atom. The van der Waals surface area contributed by atoms with E-state index in [4.69, 9.17) is 0 Å². The fourth-order valence-corrected chi connectivity index (χ4v) is 12.0. The van der Waals surface area contributed by atoms with Crippen LogP contribution in [0.2, 0.25) is 0 Å². The third-order valence-electron chi connectivity index (χ3n) is 13.4. The molecule has 1 nitrogen and oxygen atoms in total. The molecule has 0 atom stereocenters. The lowest BCUT2D eigenvalue weighted by Crippen LogP contribution is -2.28. The first kappa shape index (κ1) is 35.0. The van der Waals surface area contributed by atoms with Crippen molar-refractivity contribution in [2.45, 2.75) is 24.7 Å². The topological polar surface area (TPSA) is 3.24 Å². The van der Waals surface area contributed by atoms with Crippen LogP contribution in [-0.2, 0) is 10.8 Å². The maximum absolute atomic E-state index is 2.56. The number of thiophene rings is 1. The van der Waals surface area contributed by atoms with Crippen LogP contribution in [0.25, 0.3) is 53.6 Å². The van der Waals surface area contributed by atoms with E-state index < -0.39 is 5.41 Å². The van der Waals surface area contributed by atoms with Gasteiger partial charge >= 0.3 is 0 Å². The predicted molar refractivity (Wildman–Crippen MR) is 254 cm³/mol. The molecule has 1 aromatic heterocycles. The summed E-state index contributed by atoms with van der Waals surface area (Å²) < 4.78 is 2.66. The van der Waals surface area contributed by atoms with E-state index in [0.29, 0.717) is 0 Å². The molecule has 1 heterocycles. The van der Waals surface area contributed by atoms with Crippen molar-refractivity contribution < 1.29 is 0 Å². The minimum absolute atomic E-state index is 0.137. The maximum atomic E-state index is 2.56. The summed E-state index contributed by atoms with van der Waals surface area (Å²) in [7, 11) is 0. The molecule has 0 bridgehead atoms. The number of rotatable bonds is 6. The SMILES string of the molecule is CC1(C)c2ccccc2-c2c(N(c3ccc(-c4cccc5c4sc4ccccc45)cc3)c3cccc4c3-c3ccccc3C4(c3ccccc3)c3ccccc3)cccc21. The summed E-state index contributed by atoms with van der Waals surface area (Å²) in [6.07, 6.45) is 0. The van der Waals surface area contributed by atoms with Crippen LogP contribution in [0, 0.1) is 0 Å². The lowest BCUT2D eigenvalue weighted by atomic mass is 9.68. The van der Waals surface area contributed by atoms with Gasteiger partial charge in [0.15, 0.2) is 0 Å². The highest BCUT2D eigenvalue weighted by molar-refractivity contribution is 7.26. The summed E-state index contributed by atoms with van der Waals surface area (Å²) in [5.74, 6) is 0. The zero-order chi connectivity index (χ0) is 40.0. The van der Waals surface area contributed by atoms with Crippen molar-refractivity contribution in [2.75, 3.05) is 4.90 Å². The van der Waals surface area contributed by atoms with Crippen molar-refractivity contribution in [3.05, 3.63) is 246 Å². The van der Waals surface area contributed by atoms with Crippen LogP contribution >= 0.6 is 11.3 Å². The minimum atomic E-state index is -0.504. The second-order valence-corrected chi connectivity index (χ2v) is 17.8. The van der Waals surface area contributed by atoms with Crippen molar-refractivity contribution in [1.29, 1.82) is 0 Å². The number of hydrogen-bond donors (Lipinski definition) is 0. The second kappa shape index (κ2) is 13.3. The molecule has 2 heteroatoms. The molecule has 284 valence electrons. The Balaban J connectivity index is 1.13. The van der Waals surface area contributed by atoms with E-state index in [-0.39, 0.29) is 5.41 Å². The first-order chi connectivity index (χ1) is 29.5. The van der Waals surface area contributed by atoms with Gasteiger partial charge in [-0.15, -0.1) is 11.3 Å². The molecular weight excluding hydrogens is 743 g/mol. The van der Waals surface area contributed by atoms with E-state index in [0.717, 1.165) is 5.69 Å². The van der Waals surface area contributed by atoms with Gasteiger partial charge in [-0.05, 0) is 86.0 Å². The monoisotopic (exact) mass is 783 g/mol. The van der Waals surface area contributed by atoms with Crippen LogP contribution in [0.3, 0.4) is 0 Å². The van der Waals surface area contributed by atoms with Crippen molar-refractivity contribution >= 4 is 48.6 Å². The predicted octanol–water partition coefficient (Wildman–Crippen LogP) is 15.9. The molecule has 2 aliphatic carbocycles. The van der Waals surface area contributed by atoms with Crippen LogP contribution in [0.1, 0.15) is 47.2 Å². The van der Waals surface area contributed by atoms with Crippen LogP contribution < -0.4 is 4.90 Å². The van der Waals surface area contributed by atoms with Crippen LogP contribution in [0.5, 0.6) is 0 Å². The second-order valence-electron chi connectivity index (χ2n) is 16.8. The molecule has 0 saturated heterocycles. The number of hydrogen-bond acceptors (Lipinski definition) is 2. The Bertz CT molecular complexity index is 3240. The van der Waals surface area contributed by atoms with E-state index in [1.807, 2.05) is 11.3 Å². The lowest BCUT2D eigenvalue weighted by molar-refractivity contribution is 0.660. The van der Waals surface area contributed by atoms with Gasteiger partial charge in [0.05, 0.1) is 16.8 Å². The molecular formula is C58H41NS. The van der Waals surface area contributed by atoms with Crippen molar-refractivity contribution in [3.63, 3.8) is 0 Å². The quantitative estimate of drug-likeness (QED) is 0.162. The van der Waals surface area contributed by atoms with Gasteiger partial charge in [-0.1, -0.05) is 196 Å². The highest BCUT2D eigenvalue weighted by Crippen LogP contribution is 2.61. The minimum Gasteiger partial charge on any atom is -0.309 e. The molecule has 60 heavy (non-hydrogen) atoms. The zero-order valence-corrected chi connectivity index (χ0v) is 34.4. The van der Waals surface area contributed by atoms with Gasteiger partial charge in [-0.25, -0.2) is 0 Å². The largest absolute Gasteiger partial charge is 0.309 e. The van der Waals surface area contributed by atoms with E-state index in [1.165, 1.54) is 98.3 Å².